The highest BCUT2D eigenvalue weighted by molar-refractivity contribution is 6.31. The molecular formula is C29H32ClNO3. The Balaban J connectivity index is 1.52. The molecule has 3 atom stereocenters. The number of benzene rings is 3. The molecular weight excluding hydrogens is 446 g/mol. The van der Waals surface area contributed by atoms with Crippen molar-refractivity contribution in [3.8, 4) is 0 Å². The minimum absolute atomic E-state index is 0.247. The van der Waals surface area contributed by atoms with Gasteiger partial charge in [-0.3, -0.25) is 9.69 Å². The summed E-state index contributed by atoms with van der Waals surface area (Å²) < 4.78 is 11.1. The largest absolute Gasteiger partial charge is 0.468 e. The topological polar surface area (TPSA) is 38.8 Å². The van der Waals surface area contributed by atoms with E-state index < -0.39 is 10.9 Å². The number of hydrogen-bond donors (Lipinski definition) is 0. The quantitative estimate of drug-likeness (QED) is 0.187. The van der Waals surface area contributed by atoms with Gasteiger partial charge in [-0.1, -0.05) is 91.0 Å². The number of carbonyl (C=O) groups excluding carboxylic acids is 1. The molecule has 34 heavy (non-hydrogen) atoms. The van der Waals surface area contributed by atoms with Crippen molar-refractivity contribution in [2.75, 3.05) is 13.7 Å². The normalized spacial score (nSPS) is 20.1. The Morgan fingerprint density at radius 1 is 0.912 bits per heavy atom. The number of ether oxygens (including phenoxy) is 2. The molecule has 0 bridgehead atoms. The van der Waals surface area contributed by atoms with Gasteiger partial charge >= 0.3 is 5.97 Å². The van der Waals surface area contributed by atoms with Crippen LogP contribution in [0.15, 0.2) is 91.0 Å². The number of alkyl halides is 1. The first-order chi connectivity index (χ1) is 16.6. The maximum atomic E-state index is 12.7. The van der Waals surface area contributed by atoms with Gasteiger partial charge in [0.25, 0.3) is 0 Å². The Kier molecular flexibility index (Phi) is 8.39. The summed E-state index contributed by atoms with van der Waals surface area (Å²) in [7, 11) is 1.41. The SMILES string of the molecule is COC(=O)C(Cl)[C@@]1(N(Cc2ccccc2)Cc2ccccc2)C[C@H]1CCOCc1ccccc1. The zero-order chi connectivity index (χ0) is 23.8. The molecule has 1 aliphatic carbocycles. The van der Waals surface area contributed by atoms with Crippen molar-refractivity contribution >= 4 is 17.6 Å². The molecule has 1 aliphatic rings. The summed E-state index contributed by atoms with van der Waals surface area (Å²) in [5, 5.41) is -0.746. The lowest BCUT2D eigenvalue weighted by Crippen LogP contribution is -2.48. The predicted molar refractivity (Wildman–Crippen MR) is 135 cm³/mol. The van der Waals surface area contributed by atoms with E-state index in [2.05, 4.69) is 41.3 Å². The highest BCUT2D eigenvalue weighted by Crippen LogP contribution is 2.56. The molecule has 4 rings (SSSR count). The summed E-state index contributed by atoms with van der Waals surface area (Å²) in [6.45, 7) is 2.62. The van der Waals surface area contributed by atoms with E-state index in [9.17, 15) is 4.79 Å². The number of halogens is 1. The van der Waals surface area contributed by atoms with Crippen LogP contribution in [0.5, 0.6) is 0 Å². The predicted octanol–water partition coefficient (Wildman–Crippen LogP) is 5.83. The molecule has 0 N–H and O–H groups in total. The summed E-state index contributed by atoms with van der Waals surface area (Å²) in [6.07, 6.45) is 1.68. The Morgan fingerprint density at radius 3 is 1.91 bits per heavy atom. The second-order valence-corrected chi connectivity index (χ2v) is 9.37. The van der Waals surface area contributed by atoms with Crippen LogP contribution in [-0.2, 0) is 34.0 Å². The highest BCUT2D eigenvalue weighted by atomic mass is 35.5. The summed E-state index contributed by atoms with van der Waals surface area (Å²) in [4.78, 5) is 15.0. The third-order valence-corrected chi connectivity index (χ3v) is 7.27. The Labute approximate surface area is 207 Å². The molecule has 0 heterocycles. The minimum atomic E-state index is -0.746. The zero-order valence-electron chi connectivity index (χ0n) is 19.6. The van der Waals surface area contributed by atoms with Gasteiger partial charge in [-0.2, -0.15) is 0 Å². The molecule has 0 aliphatic heterocycles. The van der Waals surface area contributed by atoms with Gasteiger partial charge < -0.3 is 9.47 Å². The van der Waals surface area contributed by atoms with E-state index in [0.717, 1.165) is 18.4 Å². The number of nitrogens with zero attached hydrogens (tertiary/aromatic N) is 1. The summed E-state index contributed by atoms with van der Waals surface area (Å²) in [5.41, 5.74) is 3.07. The van der Waals surface area contributed by atoms with Crippen LogP contribution < -0.4 is 0 Å². The van der Waals surface area contributed by atoms with Gasteiger partial charge in [-0.15, -0.1) is 11.6 Å². The molecule has 3 aromatic rings. The van der Waals surface area contributed by atoms with Crippen molar-refractivity contribution in [1.82, 2.24) is 4.90 Å². The van der Waals surface area contributed by atoms with Gasteiger partial charge in [0.05, 0.1) is 19.3 Å². The van der Waals surface area contributed by atoms with Gasteiger partial charge in [-0.25, -0.2) is 0 Å². The lowest BCUT2D eigenvalue weighted by Gasteiger charge is -2.36. The number of hydrogen-bond acceptors (Lipinski definition) is 4. The highest BCUT2D eigenvalue weighted by Gasteiger charge is 2.64. The summed E-state index contributed by atoms with van der Waals surface area (Å²) in [5.74, 6) is -0.127. The molecule has 0 amide bonds. The van der Waals surface area contributed by atoms with Crippen LogP contribution in [0.4, 0.5) is 0 Å². The zero-order valence-corrected chi connectivity index (χ0v) is 20.4. The van der Waals surface area contributed by atoms with Crippen LogP contribution in [0.25, 0.3) is 0 Å². The molecule has 0 radical (unpaired) electrons. The Bertz CT molecular complexity index is 990. The molecule has 1 saturated carbocycles. The first-order valence-electron chi connectivity index (χ1n) is 11.8. The minimum Gasteiger partial charge on any atom is -0.468 e. The number of carbonyl (C=O) groups is 1. The monoisotopic (exact) mass is 477 g/mol. The van der Waals surface area contributed by atoms with Crippen molar-refractivity contribution in [1.29, 1.82) is 0 Å². The molecule has 0 spiro atoms. The van der Waals surface area contributed by atoms with Crippen molar-refractivity contribution in [2.45, 2.75) is 43.5 Å². The number of methoxy groups -OCH3 is 1. The van der Waals surface area contributed by atoms with E-state index in [1.165, 1.54) is 18.2 Å². The lowest BCUT2D eigenvalue weighted by molar-refractivity contribution is -0.142. The van der Waals surface area contributed by atoms with E-state index in [1.807, 2.05) is 54.6 Å². The maximum Gasteiger partial charge on any atom is 0.325 e. The second kappa shape index (κ2) is 11.7. The lowest BCUT2D eigenvalue weighted by atomic mass is 10.0. The molecule has 0 saturated heterocycles. The number of rotatable bonds is 12. The van der Waals surface area contributed by atoms with Gasteiger partial charge in [0.1, 0.15) is 5.38 Å². The van der Waals surface area contributed by atoms with Crippen molar-refractivity contribution in [3.05, 3.63) is 108 Å². The van der Waals surface area contributed by atoms with Crippen LogP contribution in [0.1, 0.15) is 29.5 Å². The molecule has 1 fully saturated rings. The summed E-state index contributed by atoms with van der Waals surface area (Å²) >= 11 is 6.86. The molecule has 1 unspecified atom stereocenters. The van der Waals surface area contributed by atoms with Crippen LogP contribution in [0.2, 0.25) is 0 Å². The van der Waals surface area contributed by atoms with Gasteiger partial charge in [-0.05, 0) is 35.4 Å². The fourth-order valence-electron chi connectivity index (χ4n) is 4.80. The van der Waals surface area contributed by atoms with E-state index in [-0.39, 0.29) is 11.9 Å². The average molecular weight is 478 g/mol. The number of esters is 1. The van der Waals surface area contributed by atoms with Gasteiger partial charge in [0.2, 0.25) is 0 Å². The van der Waals surface area contributed by atoms with Gasteiger partial charge in [0, 0.05) is 19.7 Å². The fourth-order valence-corrected chi connectivity index (χ4v) is 5.30. The van der Waals surface area contributed by atoms with Crippen LogP contribution in [0.3, 0.4) is 0 Å². The molecule has 178 valence electrons. The van der Waals surface area contributed by atoms with Crippen molar-refractivity contribution < 1.29 is 14.3 Å². The second-order valence-electron chi connectivity index (χ2n) is 8.93. The smallest absolute Gasteiger partial charge is 0.325 e. The van der Waals surface area contributed by atoms with Crippen molar-refractivity contribution in [3.63, 3.8) is 0 Å². The summed E-state index contributed by atoms with van der Waals surface area (Å²) in [6, 6.07) is 30.9. The third kappa shape index (κ3) is 5.87. The Hall–Kier alpha value is -2.66. The van der Waals surface area contributed by atoms with Crippen LogP contribution in [-0.4, -0.2) is 35.5 Å². The first-order valence-corrected chi connectivity index (χ1v) is 12.2. The van der Waals surface area contributed by atoms with Crippen LogP contribution >= 0.6 is 11.6 Å². The molecule has 5 heteroatoms. The Morgan fingerprint density at radius 2 is 1.41 bits per heavy atom. The first kappa shape index (κ1) is 24.5. The maximum absolute atomic E-state index is 12.7. The molecule has 3 aromatic carbocycles. The van der Waals surface area contributed by atoms with E-state index in [4.69, 9.17) is 21.1 Å². The van der Waals surface area contributed by atoms with Gasteiger partial charge in [0.15, 0.2) is 0 Å². The van der Waals surface area contributed by atoms with Crippen molar-refractivity contribution in [2.24, 2.45) is 5.92 Å². The fraction of sp³-hybridized carbons (Fsp3) is 0.345. The standard InChI is InChI=1S/C29H32ClNO3/c1-33-28(32)27(30)29(19-26(29)17-18-34-22-25-15-9-4-10-16-25)31(20-23-11-5-2-6-12-23)21-24-13-7-3-8-14-24/h2-16,26-27H,17-22H2,1H3/t26-,27?,29-/m1/s1. The van der Waals surface area contributed by atoms with E-state index in [0.29, 0.717) is 26.3 Å². The molecule has 4 nitrogen and oxygen atoms in total. The third-order valence-electron chi connectivity index (χ3n) is 6.71. The average Bonchev–Trinajstić information content (AvgIpc) is 3.62. The van der Waals surface area contributed by atoms with E-state index in [1.54, 1.807) is 0 Å². The van der Waals surface area contributed by atoms with E-state index >= 15 is 0 Å². The molecule has 0 aromatic heterocycles. The van der Waals surface area contributed by atoms with Crippen LogP contribution in [0, 0.1) is 5.92 Å².